The van der Waals surface area contributed by atoms with E-state index in [1.165, 1.54) is 4.88 Å². The minimum absolute atomic E-state index is 0.0515. The highest BCUT2D eigenvalue weighted by atomic mass is 32.1. The number of hydrogen-bond donors (Lipinski definition) is 1. The van der Waals surface area contributed by atoms with Crippen LogP contribution in [0.3, 0.4) is 0 Å². The van der Waals surface area contributed by atoms with E-state index in [9.17, 15) is 4.79 Å². The van der Waals surface area contributed by atoms with Crippen molar-refractivity contribution < 1.29 is 4.79 Å². The van der Waals surface area contributed by atoms with Crippen molar-refractivity contribution in [2.45, 2.75) is 13.5 Å². The zero-order chi connectivity index (χ0) is 17.2. The fraction of sp³-hybridized carbons (Fsp3) is 0.105. The van der Waals surface area contributed by atoms with Gasteiger partial charge in [-0.2, -0.15) is 0 Å². The van der Waals surface area contributed by atoms with Crippen molar-refractivity contribution in [1.82, 2.24) is 14.4 Å². The number of nitrogens with one attached hydrogen (secondary N) is 1. The second-order valence-corrected chi connectivity index (χ2v) is 6.72. The van der Waals surface area contributed by atoms with Crippen LogP contribution >= 0.6 is 11.3 Å². The average molecular weight is 348 g/mol. The van der Waals surface area contributed by atoms with E-state index in [4.69, 9.17) is 0 Å². The Morgan fingerprint density at radius 1 is 1.24 bits per heavy atom. The molecule has 0 saturated heterocycles. The summed E-state index contributed by atoms with van der Waals surface area (Å²) in [5.41, 5.74) is 3.34. The van der Waals surface area contributed by atoms with Gasteiger partial charge in [0.05, 0.1) is 18.4 Å². The fourth-order valence-electron chi connectivity index (χ4n) is 2.74. The SMILES string of the molecule is CC(=O)c1cccc(-c2cnc3c(NCc4cccs4)nccn23)c1. The largest absolute Gasteiger partial charge is 0.362 e. The number of rotatable bonds is 5. The molecule has 0 aliphatic heterocycles. The number of Topliss-reactive ketones (excluding diaryl/α,β-unsaturated/α-hetero) is 1. The topological polar surface area (TPSA) is 59.3 Å². The summed E-state index contributed by atoms with van der Waals surface area (Å²) >= 11 is 1.70. The molecule has 4 aromatic rings. The highest BCUT2D eigenvalue weighted by molar-refractivity contribution is 7.09. The number of carbonyl (C=O) groups is 1. The molecule has 0 radical (unpaired) electrons. The maximum atomic E-state index is 11.6. The molecular weight excluding hydrogens is 332 g/mol. The van der Waals surface area contributed by atoms with Crippen LogP contribution in [0.1, 0.15) is 22.2 Å². The maximum absolute atomic E-state index is 11.6. The van der Waals surface area contributed by atoms with Crippen LogP contribution in [0.15, 0.2) is 60.4 Å². The molecule has 0 aliphatic carbocycles. The predicted molar refractivity (Wildman–Crippen MR) is 100 cm³/mol. The smallest absolute Gasteiger partial charge is 0.180 e. The molecule has 5 nitrogen and oxygen atoms in total. The first-order valence-electron chi connectivity index (χ1n) is 7.92. The van der Waals surface area contributed by atoms with Gasteiger partial charge < -0.3 is 5.32 Å². The van der Waals surface area contributed by atoms with Crippen LogP contribution in [0.5, 0.6) is 0 Å². The quantitative estimate of drug-likeness (QED) is 0.547. The predicted octanol–water partition coefficient (Wildman–Crippen LogP) is 4.27. The van der Waals surface area contributed by atoms with Crippen LogP contribution in [-0.4, -0.2) is 20.2 Å². The summed E-state index contributed by atoms with van der Waals surface area (Å²) in [5.74, 6) is 0.792. The van der Waals surface area contributed by atoms with E-state index >= 15 is 0 Å². The molecule has 0 atom stereocenters. The Kier molecular flexibility index (Phi) is 4.03. The third kappa shape index (κ3) is 3.04. The molecular formula is C19H16N4OS. The number of ketones is 1. The first-order valence-corrected chi connectivity index (χ1v) is 8.80. The molecule has 1 aromatic carbocycles. The molecule has 0 fully saturated rings. The number of nitrogens with zero attached hydrogens (tertiary/aromatic N) is 3. The zero-order valence-corrected chi connectivity index (χ0v) is 14.5. The standard InChI is InChI=1S/C19H16N4OS/c1-13(24)14-4-2-5-15(10-14)17-12-22-19-18(20-7-8-23(17)19)21-11-16-6-3-9-25-16/h2-10,12H,11H2,1H3,(H,20,21). The Bertz CT molecular complexity index is 1040. The zero-order valence-electron chi connectivity index (χ0n) is 13.6. The highest BCUT2D eigenvalue weighted by Gasteiger charge is 2.11. The van der Waals surface area contributed by atoms with Gasteiger partial charge in [0.25, 0.3) is 0 Å². The second-order valence-electron chi connectivity index (χ2n) is 5.68. The molecule has 1 N–H and O–H groups in total. The summed E-state index contributed by atoms with van der Waals surface area (Å²) in [7, 11) is 0. The monoisotopic (exact) mass is 348 g/mol. The van der Waals surface area contributed by atoms with Crippen molar-refractivity contribution in [3.8, 4) is 11.3 Å². The van der Waals surface area contributed by atoms with Crippen molar-refractivity contribution in [2.24, 2.45) is 0 Å². The Labute approximate surface area is 149 Å². The van der Waals surface area contributed by atoms with Gasteiger partial charge in [0, 0.05) is 28.4 Å². The number of imidazole rings is 1. The number of aromatic nitrogens is 3. The molecule has 0 bridgehead atoms. The third-order valence-electron chi connectivity index (χ3n) is 4.00. The van der Waals surface area contributed by atoms with Gasteiger partial charge >= 0.3 is 0 Å². The Balaban J connectivity index is 1.71. The molecule has 3 heterocycles. The number of hydrogen-bond acceptors (Lipinski definition) is 5. The van der Waals surface area contributed by atoms with Gasteiger partial charge in [0.2, 0.25) is 0 Å². The lowest BCUT2D eigenvalue weighted by molar-refractivity contribution is 0.101. The Morgan fingerprint density at radius 2 is 2.16 bits per heavy atom. The lowest BCUT2D eigenvalue weighted by atomic mass is 10.1. The molecule has 0 saturated carbocycles. The molecule has 124 valence electrons. The molecule has 0 amide bonds. The fourth-order valence-corrected chi connectivity index (χ4v) is 3.38. The molecule has 0 aliphatic rings. The van der Waals surface area contributed by atoms with Crippen LogP contribution < -0.4 is 5.32 Å². The van der Waals surface area contributed by atoms with Crippen LogP contribution in [0.25, 0.3) is 16.9 Å². The van der Waals surface area contributed by atoms with Gasteiger partial charge in [-0.3, -0.25) is 9.20 Å². The van der Waals surface area contributed by atoms with E-state index in [1.54, 1.807) is 24.5 Å². The van der Waals surface area contributed by atoms with E-state index in [2.05, 4.69) is 26.7 Å². The number of anilines is 1. The third-order valence-corrected chi connectivity index (χ3v) is 4.88. The van der Waals surface area contributed by atoms with Gasteiger partial charge in [-0.15, -0.1) is 11.3 Å². The van der Waals surface area contributed by atoms with Crippen molar-refractivity contribution in [3.05, 3.63) is 70.8 Å². The molecule has 4 rings (SSSR count). The summed E-state index contributed by atoms with van der Waals surface area (Å²) in [6.45, 7) is 2.29. The van der Waals surface area contributed by atoms with Gasteiger partial charge in [-0.05, 0) is 24.4 Å². The van der Waals surface area contributed by atoms with Crippen LogP contribution in [0, 0.1) is 0 Å². The first-order chi connectivity index (χ1) is 12.2. The minimum atomic E-state index is 0.0515. The highest BCUT2D eigenvalue weighted by Crippen LogP contribution is 2.24. The minimum Gasteiger partial charge on any atom is -0.362 e. The first kappa shape index (κ1) is 15.5. The van der Waals surface area contributed by atoms with E-state index < -0.39 is 0 Å². The van der Waals surface area contributed by atoms with Gasteiger partial charge in [0.1, 0.15) is 0 Å². The van der Waals surface area contributed by atoms with Gasteiger partial charge in [-0.25, -0.2) is 9.97 Å². The maximum Gasteiger partial charge on any atom is 0.180 e. The molecule has 0 spiro atoms. The summed E-state index contributed by atoms with van der Waals surface area (Å²) in [6, 6.07) is 11.7. The summed E-state index contributed by atoms with van der Waals surface area (Å²) in [6.07, 6.45) is 5.45. The average Bonchev–Trinajstić information content (AvgIpc) is 3.30. The number of carbonyl (C=O) groups excluding carboxylic acids is 1. The molecule has 6 heteroatoms. The van der Waals surface area contributed by atoms with Crippen LogP contribution in [-0.2, 0) is 6.54 Å². The molecule has 25 heavy (non-hydrogen) atoms. The van der Waals surface area contributed by atoms with Crippen molar-refractivity contribution in [1.29, 1.82) is 0 Å². The van der Waals surface area contributed by atoms with E-state index in [-0.39, 0.29) is 5.78 Å². The number of fused-ring (bicyclic) bond motifs is 1. The summed E-state index contributed by atoms with van der Waals surface area (Å²) < 4.78 is 1.99. The number of thiophene rings is 1. The van der Waals surface area contributed by atoms with E-state index in [0.717, 1.165) is 22.7 Å². The van der Waals surface area contributed by atoms with Gasteiger partial charge in [0.15, 0.2) is 17.2 Å². The lowest BCUT2D eigenvalue weighted by Crippen LogP contribution is -2.02. The van der Waals surface area contributed by atoms with Gasteiger partial charge in [-0.1, -0.05) is 24.3 Å². The summed E-state index contributed by atoms with van der Waals surface area (Å²) in [5, 5.41) is 5.40. The Morgan fingerprint density at radius 3 is 2.96 bits per heavy atom. The van der Waals surface area contributed by atoms with Crippen molar-refractivity contribution >= 4 is 28.6 Å². The van der Waals surface area contributed by atoms with Crippen molar-refractivity contribution in [3.63, 3.8) is 0 Å². The number of benzene rings is 1. The molecule has 3 aromatic heterocycles. The Hall–Kier alpha value is -2.99. The van der Waals surface area contributed by atoms with E-state index in [0.29, 0.717) is 12.1 Å². The van der Waals surface area contributed by atoms with Crippen LogP contribution in [0.2, 0.25) is 0 Å². The molecule has 0 unspecified atom stereocenters. The van der Waals surface area contributed by atoms with Crippen LogP contribution in [0.4, 0.5) is 5.82 Å². The normalized spacial score (nSPS) is 10.9. The second kappa shape index (κ2) is 6.49. The van der Waals surface area contributed by atoms with E-state index in [1.807, 2.05) is 47.1 Å². The summed E-state index contributed by atoms with van der Waals surface area (Å²) in [4.78, 5) is 21.8. The lowest BCUT2D eigenvalue weighted by Gasteiger charge is -2.07. The van der Waals surface area contributed by atoms with Crippen molar-refractivity contribution in [2.75, 3.05) is 5.32 Å².